The van der Waals surface area contributed by atoms with Crippen molar-refractivity contribution in [3.05, 3.63) is 42.5 Å². The van der Waals surface area contributed by atoms with Crippen LogP contribution in [0.4, 0.5) is 10.5 Å². The number of fused-ring (bicyclic) bond motifs is 1. The van der Waals surface area contributed by atoms with Gasteiger partial charge in [0.2, 0.25) is 0 Å². The highest BCUT2D eigenvalue weighted by molar-refractivity contribution is 5.95. The molecule has 0 aliphatic carbocycles. The average molecular weight is 329 g/mol. The van der Waals surface area contributed by atoms with E-state index in [0.717, 1.165) is 5.56 Å². The summed E-state index contributed by atoms with van der Waals surface area (Å²) in [5, 5.41) is 8.42. The highest BCUT2D eigenvalue weighted by Crippen LogP contribution is 2.30. The van der Waals surface area contributed by atoms with Crippen molar-refractivity contribution < 1.29 is 14.3 Å². The van der Waals surface area contributed by atoms with Crippen molar-refractivity contribution in [2.24, 2.45) is 0 Å². The van der Waals surface area contributed by atoms with Crippen molar-refractivity contribution in [1.82, 2.24) is 20.2 Å². The largest absolute Gasteiger partial charge is 0.482 e. The van der Waals surface area contributed by atoms with E-state index in [1.54, 1.807) is 18.6 Å². The van der Waals surface area contributed by atoms with Crippen molar-refractivity contribution in [3.63, 3.8) is 0 Å². The second-order valence-corrected chi connectivity index (χ2v) is 5.51. The molecule has 0 unspecified atom stereocenters. The standard InChI is InChI=1S/C16H19N5O3/c1-11(19-16(23)18-5-7-21-6-4-17-10-21)12-2-3-14-13(8-12)20-15(22)9-24-14/h2-4,6,8,10-11H,5,7,9H2,1H3,(H,20,22)(H2,18,19,23)/t11-/m0/s1. The molecule has 0 bridgehead atoms. The fourth-order valence-corrected chi connectivity index (χ4v) is 2.42. The third kappa shape index (κ3) is 3.83. The van der Waals surface area contributed by atoms with Gasteiger partial charge in [0, 0.05) is 25.5 Å². The maximum atomic E-state index is 12.0. The average Bonchev–Trinajstić information content (AvgIpc) is 3.07. The van der Waals surface area contributed by atoms with Crippen LogP contribution in [0.25, 0.3) is 0 Å². The minimum Gasteiger partial charge on any atom is -0.482 e. The number of amides is 3. The molecule has 1 aliphatic heterocycles. The van der Waals surface area contributed by atoms with Gasteiger partial charge in [0.15, 0.2) is 6.61 Å². The van der Waals surface area contributed by atoms with Crippen LogP contribution in [-0.4, -0.2) is 34.6 Å². The summed E-state index contributed by atoms with van der Waals surface area (Å²) in [5.74, 6) is 0.452. The Morgan fingerprint density at radius 3 is 3.17 bits per heavy atom. The number of hydrogen-bond acceptors (Lipinski definition) is 4. The van der Waals surface area contributed by atoms with Gasteiger partial charge in [0.05, 0.1) is 18.1 Å². The number of ether oxygens (including phenoxy) is 1. The van der Waals surface area contributed by atoms with Crippen molar-refractivity contribution in [2.45, 2.75) is 19.5 Å². The summed E-state index contributed by atoms with van der Waals surface area (Å²) < 4.78 is 7.21. The van der Waals surface area contributed by atoms with E-state index in [-0.39, 0.29) is 24.6 Å². The van der Waals surface area contributed by atoms with E-state index in [9.17, 15) is 9.59 Å². The topological polar surface area (TPSA) is 97.3 Å². The second-order valence-electron chi connectivity index (χ2n) is 5.51. The third-order valence-corrected chi connectivity index (χ3v) is 3.70. The smallest absolute Gasteiger partial charge is 0.315 e. The van der Waals surface area contributed by atoms with Crippen LogP contribution in [0.1, 0.15) is 18.5 Å². The van der Waals surface area contributed by atoms with Gasteiger partial charge in [0.1, 0.15) is 5.75 Å². The van der Waals surface area contributed by atoms with Crippen LogP contribution in [0.15, 0.2) is 36.9 Å². The first-order valence-electron chi connectivity index (χ1n) is 7.68. The Morgan fingerprint density at radius 1 is 1.50 bits per heavy atom. The molecule has 0 fully saturated rings. The maximum Gasteiger partial charge on any atom is 0.315 e. The molecule has 0 saturated heterocycles. The van der Waals surface area contributed by atoms with Crippen LogP contribution < -0.4 is 20.7 Å². The van der Waals surface area contributed by atoms with Gasteiger partial charge in [-0.05, 0) is 24.6 Å². The molecule has 0 radical (unpaired) electrons. The molecule has 1 aromatic heterocycles. The first-order valence-corrected chi connectivity index (χ1v) is 7.68. The number of urea groups is 1. The van der Waals surface area contributed by atoms with Gasteiger partial charge in [-0.2, -0.15) is 0 Å². The van der Waals surface area contributed by atoms with Crippen LogP contribution in [0.5, 0.6) is 5.75 Å². The lowest BCUT2D eigenvalue weighted by atomic mass is 10.1. The summed E-state index contributed by atoms with van der Waals surface area (Å²) in [6.07, 6.45) is 5.23. The molecular formula is C16H19N5O3. The number of carbonyl (C=O) groups excluding carboxylic acids is 2. The Kier molecular flexibility index (Phi) is 4.64. The minimum absolute atomic E-state index is 0.0273. The van der Waals surface area contributed by atoms with E-state index < -0.39 is 0 Å². The number of rotatable bonds is 5. The number of anilines is 1. The first kappa shape index (κ1) is 15.9. The van der Waals surface area contributed by atoms with Gasteiger partial charge in [-0.15, -0.1) is 0 Å². The highest BCUT2D eigenvalue weighted by atomic mass is 16.5. The second kappa shape index (κ2) is 7.03. The molecule has 24 heavy (non-hydrogen) atoms. The number of hydrogen-bond donors (Lipinski definition) is 3. The Hall–Kier alpha value is -3.03. The van der Waals surface area contributed by atoms with Gasteiger partial charge in [0.25, 0.3) is 5.91 Å². The maximum absolute atomic E-state index is 12.0. The lowest BCUT2D eigenvalue weighted by molar-refractivity contribution is -0.118. The molecule has 3 amide bonds. The molecule has 8 nitrogen and oxygen atoms in total. The SMILES string of the molecule is C[C@H](NC(=O)NCCn1ccnc1)c1ccc2c(c1)NC(=O)CO2. The normalized spacial score (nSPS) is 14.1. The molecule has 3 N–H and O–H groups in total. The zero-order chi connectivity index (χ0) is 16.9. The Balaban J connectivity index is 1.52. The molecular weight excluding hydrogens is 310 g/mol. The van der Waals surface area contributed by atoms with E-state index in [1.165, 1.54) is 0 Å². The number of nitrogens with zero attached hydrogens (tertiary/aromatic N) is 2. The highest BCUT2D eigenvalue weighted by Gasteiger charge is 2.18. The van der Waals surface area contributed by atoms with E-state index in [0.29, 0.717) is 24.5 Å². The van der Waals surface area contributed by atoms with Gasteiger partial charge in [-0.1, -0.05) is 6.07 Å². The Bertz CT molecular complexity index is 729. The van der Waals surface area contributed by atoms with Gasteiger partial charge in [-0.3, -0.25) is 4.79 Å². The summed E-state index contributed by atoms with van der Waals surface area (Å²) in [5.41, 5.74) is 1.50. The number of nitrogens with one attached hydrogen (secondary N) is 3. The molecule has 2 heterocycles. The fraction of sp³-hybridized carbons (Fsp3) is 0.312. The van der Waals surface area contributed by atoms with E-state index in [1.807, 2.05) is 29.8 Å². The number of imidazole rings is 1. The van der Waals surface area contributed by atoms with Gasteiger partial charge < -0.3 is 25.3 Å². The summed E-state index contributed by atoms with van der Waals surface area (Å²) in [6, 6.07) is 5.01. The zero-order valence-electron chi connectivity index (χ0n) is 13.3. The lowest BCUT2D eigenvalue weighted by Crippen LogP contribution is -2.38. The Labute approximate surface area is 139 Å². The summed E-state index contributed by atoms with van der Waals surface area (Å²) in [7, 11) is 0. The summed E-state index contributed by atoms with van der Waals surface area (Å²) >= 11 is 0. The number of carbonyl (C=O) groups is 2. The van der Waals surface area contributed by atoms with Gasteiger partial charge in [-0.25, -0.2) is 9.78 Å². The molecule has 3 rings (SSSR count). The molecule has 0 spiro atoms. The van der Waals surface area contributed by atoms with Crippen molar-refractivity contribution >= 4 is 17.6 Å². The lowest BCUT2D eigenvalue weighted by Gasteiger charge is -2.21. The summed E-state index contributed by atoms with van der Waals surface area (Å²) in [6.45, 7) is 3.06. The number of aromatic nitrogens is 2. The van der Waals surface area contributed by atoms with Crippen molar-refractivity contribution in [3.8, 4) is 5.75 Å². The molecule has 8 heteroatoms. The van der Waals surface area contributed by atoms with E-state index in [4.69, 9.17) is 4.74 Å². The quantitative estimate of drug-likeness (QED) is 0.769. The Morgan fingerprint density at radius 2 is 2.38 bits per heavy atom. The predicted molar refractivity (Wildman–Crippen MR) is 87.7 cm³/mol. The van der Waals surface area contributed by atoms with Crippen molar-refractivity contribution in [2.75, 3.05) is 18.5 Å². The molecule has 1 aromatic carbocycles. The van der Waals surface area contributed by atoms with E-state index in [2.05, 4.69) is 20.9 Å². The predicted octanol–water partition coefficient (Wildman–Crippen LogP) is 1.27. The monoisotopic (exact) mass is 329 g/mol. The van der Waals surface area contributed by atoms with Gasteiger partial charge >= 0.3 is 6.03 Å². The fourth-order valence-electron chi connectivity index (χ4n) is 2.42. The van der Waals surface area contributed by atoms with Crippen LogP contribution in [0.2, 0.25) is 0 Å². The molecule has 2 aromatic rings. The molecule has 1 aliphatic rings. The zero-order valence-corrected chi connectivity index (χ0v) is 13.3. The molecule has 126 valence electrons. The van der Waals surface area contributed by atoms with Crippen molar-refractivity contribution in [1.29, 1.82) is 0 Å². The minimum atomic E-state index is -0.249. The van der Waals surface area contributed by atoms with E-state index >= 15 is 0 Å². The summed E-state index contributed by atoms with van der Waals surface area (Å²) in [4.78, 5) is 27.3. The molecule has 1 atom stereocenters. The van der Waals surface area contributed by atoms with Crippen LogP contribution in [0.3, 0.4) is 0 Å². The number of benzene rings is 1. The first-order chi connectivity index (χ1) is 11.6. The van der Waals surface area contributed by atoms with Crippen LogP contribution in [-0.2, 0) is 11.3 Å². The third-order valence-electron chi connectivity index (χ3n) is 3.70. The molecule has 0 saturated carbocycles. The van der Waals surface area contributed by atoms with Crippen LogP contribution in [0, 0.1) is 0 Å². The van der Waals surface area contributed by atoms with Crippen LogP contribution >= 0.6 is 0 Å².